The largest absolute Gasteiger partial charge is 0.446 e. The average Bonchev–Trinajstić information content (AvgIpc) is 3.12. The third kappa shape index (κ3) is 3.16. The monoisotopic (exact) mass is 413 g/mol. The molecule has 4 nitrogen and oxygen atoms in total. The van der Waals surface area contributed by atoms with Gasteiger partial charge in [-0.05, 0) is 63.8 Å². The standard InChI is InChI=1S/C15H17Br2N3O/c1-2-18-15-12(17)13(9-5-3-4-6-9)19-14(20-15)10-7-8-11(16)21-10/h7-9H,2-6H2,1H3,(H,18,19,20). The third-order valence-electron chi connectivity index (χ3n) is 3.76. The fourth-order valence-corrected chi connectivity index (χ4v) is 3.71. The molecule has 2 heterocycles. The maximum absolute atomic E-state index is 5.61. The van der Waals surface area contributed by atoms with E-state index in [1.54, 1.807) is 0 Å². The summed E-state index contributed by atoms with van der Waals surface area (Å²) >= 11 is 7.01. The summed E-state index contributed by atoms with van der Waals surface area (Å²) in [6, 6.07) is 3.75. The molecular formula is C15H17Br2N3O. The van der Waals surface area contributed by atoms with Crippen molar-refractivity contribution in [2.24, 2.45) is 0 Å². The first-order valence-electron chi connectivity index (χ1n) is 7.26. The Morgan fingerprint density at radius 1 is 1.24 bits per heavy atom. The van der Waals surface area contributed by atoms with Gasteiger partial charge in [0.1, 0.15) is 5.82 Å². The molecule has 0 unspecified atom stereocenters. The van der Waals surface area contributed by atoms with Crippen molar-refractivity contribution in [1.29, 1.82) is 0 Å². The van der Waals surface area contributed by atoms with Crippen molar-refractivity contribution in [3.05, 3.63) is 27.0 Å². The van der Waals surface area contributed by atoms with Gasteiger partial charge in [-0.3, -0.25) is 0 Å². The van der Waals surface area contributed by atoms with Crippen LogP contribution < -0.4 is 5.32 Å². The molecule has 2 aromatic heterocycles. The molecule has 112 valence electrons. The minimum Gasteiger partial charge on any atom is -0.446 e. The van der Waals surface area contributed by atoms with E-state index in [4.69, 9.17) is 9.40 Å². The number of hydrogen-bond donors (Lipinski definition) is 1. The predicted octanol–water partition coefficient (Wildman–Crippen LogP) is 5.35. The molecule has 0 aromatic carbocycles. The number of nitrogens with one attached hydrogen (secondary N) is 1. The summed E-state index contributed by atoms with van der Waals surface area (Å²) in [6.45, 7) is 2.88. The van der Waals surface area contributed by atoms with Crippen LogP contribution in [0.4, 0.5) is 5.82 Å². The molecule has 1 N–H and O–H groups in total. The van der Waals surface area contributed by atoms with Crippen LogP contribution in [0.15, 0.2) is 25.7 Å². The average molecular weight is 415 g/mol. The third-order valence-corrected chi connectivity index (χ3v) is 4.96. The van der Waals surface area contributed by atoms with Crippen molar-refractivity contribution in [2.75, 3.05) is 11.9 Å². The minimum absolute atomic E-state index is 0.511. The van der Waals surface area contributed by atoms with Gasteiger partial charge >= 0.3 is 0 Å². The second-order valence-corrected chi connectivity index (χ2v) is 6.79. The fourth-order valence-electron chi connectivity index (χ4n) is 2.76. The summed E-state index contributed by atoms with van der Waals surface area (Å²) in [5.41, 5.74) is 1.10. The first-order chi connectivity index (χ1) is 10.2. The van der Waals surface area contributed by atoms with E-state index in [2.05, 4.69) is 49.1 Å². The highest BCUT2D eigenvalue weighted by Crippen LogP contribution is 2.40. The van der Waals surface area contributed by atoms with E-state index >= 15 is 0 Å². The number of hydrogen-bond acceptors (Lipinski definition) is 4. The Bertz CT molecular complexity index is 636. The van der Waals surface area contributed by atoms with E-state index in [0.29, 0.717) is 22.2 Å². The Morgan fingerprint density at radius 3 is 2.62 bits per heavy atom. The number of furan rings is 1. The molecule has 1 aliphatic carbocycles. The van der Waals surface area contributed by atoms with Crippen LogP contribution in [0.5, 0.6) is 0 Å². The van der Waals surface area contributed by atoms with E-state index in [9.17, 15) is 0 Å². The van der Waals surface area contributed by atoms with Gasteiger partial charge < -0.3 is 9.73 Å². The SMILES string of the molecule is CCNc1nc(-c2ccc(Br)o2)nc(C2CCCC2)c1Br. The second-order valence-electron chi connectivity index (χ2n) is 5.21. The molecule has 0 aliphatic heterocycles. The molecule has 0 amide bonds. The van der Waals surface area contributed by atoms with Gasteiger partial charge in [-0.2, -0.15) is 0 Å². The molecule has 6 heteroatoms. The molecule has 0 atom stereocenters. The predicted molar refractivity (Wildman–Crippen MR) is 90.5 cm³/mol. The minimum atomic E-state index is 0.511. The van der Waals surface area contributed by atoms with E-state index < -0.39 is 0 Å². The molecule has 0 saturated heterocycles. The zero-order valence-corrected chi connectivity index (χ0v) is 15.0. The molecule has 0 spiro atoms. The summed E-state index contributed by atoms with van der Waals surface area (Å²) in [4.78, 5) is 9.36. The summed E-state index contributed by atoms with van der Waals surface area (Å²) in [5.74, 6) is 2.68. The van der Waals surface area contributed by atoms with Crippen molar-refractivity contribution in [3.8, 4) is 11.6 Å². The number of halogens is 2. The lowest BCUT2D eigenvalue weighted by Gasteiger charge is -2.15. The highest BCUT2D eigenvalue weighted by molar-refractivity contribution is 9.10. The number of aromatic nitrogens is 2. The first kappa shape index (κ1) is 15.0. The van der Waals surface area contributed by atoms with Gasteiger partial charge in [0.2, 0.25) is 0 Å². The molecule has 0 radical (unpaired) electrons. The Labute approximate surface area is 141 Å². The van der Waals surface area contributed by atoms with E-state index in [-0.39, 0.29) is 0 Å². The van der Waals surface area contributed by atoms with Crippen LogP contribution >= 0.6 is 31.9 Å². The number of rotatable bonds is 4. The van der Waals surface area contributed by atoms with Crippen LogP contribution in [0.2, 0.25) is 0 Å². The van der Waals surface area contributed by atoms with Crippen LogP contribution in [0, 0.1) is 0 Å². The van der Waals surface area contributed by atoms with Crippen LogP contribution in [0.1, 0.15) is 44.2 Å². The molecular weight excluding hydrogens is 398 g/mol. The molecule has 1 fully saturated rings. The van der Waals surface area contributed by atoms with E-state index in [0.717, 1.165) is 22.5 Å². The lowest BCUT2D eigenvalue weighted by atomic mass is 10.0. The van der Waals surface area contributed by atoms with Crippen molar-refractivity contribution in [3.63, 3.8) is 0 Å². The van der Waals surface area contributed by atoms with Gasteiger partial charge in [-0.15, -0.1) is 0 Å². The first-order valence-corrected chi connectivity index (χ1v) is 8.84. The van der Waals surface area contributed by atoms with E-state index in [1.807, 2.05) is 12.1 Å². The van der Waals surface area contributed by atoms with Crippen LogP contribution in [-0.4, -0.2) is 16.5 Å². The molecule has 1 aliphatic rings. The maximum Gasteiger partial charge on any atom is 0.198 e. The van der Waals surface area contributed by atoms with E-state index in [1.165, 1.54) is 25.7 Å². The van der Waals surface area contributed by atoms with Gasteiger partial charge in [0, 0.05) is 12.5 Å². The van der Waals surface area contributed by atoms with Crippen molar-refractivity contribution < 1.29 is 4.42 Å². The molecule has 2 aromatic rings. The topological polar surface area (TPSA) is 51.0 Å². The van der Waals surface area contributed by atoms with Gasteiger partial charge in [-0.25, -0.2) is 9.97 Å². The summed E-state index contributed by atoms with van der Waals surface area (Å²) in [5, 5.41) is 3.31. The Morgan fingerprint density at radius 2 is 2.00 bits per heavy atom. The van der Waals surface area contributed by atoms with Crippen LogP contribution in [0.3, 0.4) is 0 Å². The summed E-state index contributed by atoms with van der Waals surface area (Å²) in [6.07, 6.45) is 4.95. The smallest absolute Gasteiger partial charge is 0.198 e. The zero-order valence-electron chi connectivity index (χ0n) is 11.8. The molecule has 0 bridgehead atoms. The summed E-state index contributed by atoms with van der Waals surface area (Å²) in [7, 11) is 0. The van der Waals surface area contributed by atoms with Gasteiger partial charge in [-0.1, -0.05) is 12.8 Å². The van der Waals surface area contributed by atoms with Crippen LogP contribution in [0.25, 0.3) is 11.6 Å². The quantitative estimate of drug-likeness (QED) is 0.732. The highest BCUT2D eigenvalue weighted by Gasteiger charge is 2.24. The Kier molecular flexibility index (Phi) is 4.64. The Balaban J connectivity index is 2.07. The van der Waals surface area contributed by atoms with Gasteiger partial charge in [0.05, 0.1) is 10.2 Å². The van der Waals surface area contributed by atoms with Crippen molar-refractivity contribution in [1.82, 2.24) is 9.97 Å². The van der Waals surface area contributed by atoms with Crippen LogP contribution in [-0.2, 0) is 0 Å². The number of anilines is 1. The second kappa shape index (κ2) is 6.48. The maximum atomic E-state index is 5.61. The lowest BCUT2D eigenvalue weighted by Crippen LogP contribution is -2.08. The fraction of sp³-hybridized carbons (Fsp3) is 0.467. The highest BCUT2D eigenvalue weighted by atomic mass is 79.9. The van der Waals surface area contributed by atoms with Crippen molar-refractivity contribution in [2.45, 2.75) is 38.5 Å². The molecule has 3 rings (SSSR count). The van der Waals surface area contributed by atoms with Gasteiger partial charge in [0.15, 0.2) is 16.3 Å². The molecule has 21 heavy (non-hydrogen) atoms. The van der Waals surface area contributed by atoms with Gasteiger partial charge in [0.25, 0.3) is 0 Å². The normalized spacial score (nSPS) is 15.6. The zero-order chi connectivity index (χ0) is 14.8. The summed E-state index contributed by atoms with van der Waals surface area (Å²) < 4.78 is 7.29. The lowest BCUT2D eigenvalue weighted by molar-refractivity contribution is 0.550. The van der Waals surface area contributed by atoms with Crippen molar-refractivity contribution >= 4 is 37.7 Å². The molecule has 1 saturated carbocycles. The number of nitrogens with zero attached hydrogens (tertiary/aromatic N) is 2. The Hall–Kier alpha value is -0.880.